The summed E-state index contributed by atoms with van der Waals surface area (Å²) in [4.78, 5) is 11.5. The number of aliphatic carboxylic acids is 1. The number of nitrogens with one attached hydrogen (secondary N) is 1. The first-order valence-corrected chi connectivity index (χ1v) is 6.24. The Balaban J connectivity index is 2.63. The first-order valence-electron chi connectivity index (χ1n) is 6.24. The molecule has 1 atom stereocenters. The number of carboxylic acid groups (broad SMARTS) is 1. The van der Waals surface area contributed by atoms with E-state index in [0.29, 0.717) is 6.42 Å². The summed E-state index contributed by atoms with van der Waals surface area (Å²) in [6.07, 6.45) is 5.55. The van der Waals surface area contributed by atoms with Crippen LogP contribution in [0.5, 0.6) is 0 Å². The second-order valence-corrected chi connectivity index (χ2v) is 4.91. The first-order chi connectivity index (χ1) is 7.56. The first kappa shape index (κ1) is 13.5. The molecule has 0 heterocycles. The standard InChI is InChI=1S/C11H23BN2O2/c1-14-11(10(15)16,4-2-3-5-12)8-6-9(13)7-8/h8-9,14H,2-7,12-13H2,1H3,(H,15,16)/t8?,9?,11-/m1/s1. The number of likely N-dealkylation sites (N-methyl/N-ethyl adjacent to an activating group) is 1. The van der Waals surface area contributed by atoms with E-state index in [0.717, 1.165) is 32.0 Å². The Morgan fingerprint density at radius 2 is 2.19 bits per heavy atom. The van der Waals surface area contributed by atoms with Crippen molar-refractivity contribution in [2.45, 2.75) is 50.0 Å². The molecular formula is C11H23BN2O2. The van der Waals surface area contributed by atoms with Crippen molar-refractivity contribution in [3.05, 3.63) is 0 Å². The molecule has 1 saturated carbocycles. The van der Waals surface area contributed by atoms with Crippen LogP contribution in [-0.2, 0) is 4.79 Å². The zero-order valence-electron chi connectivity index (χ0n) is 10.3. The molecule has 1 aliphatic rings. The van der Waals surface area contributed by atoms with E-state index >= 15 is 0 Å². The van der Waals surface area contributed by atoms with Crippen LogP contribution >= 0.6 is 0 Å². The van der Waals surface area contributed by atoms with Crippen LogP contribution in [0.25, 0.3) is 0 Å². The van der Waals surface area contributed by atoms with E-state index < -0.39 is 11.5 Å². The van der Waals surface area contributed by atoms with Crippen molar-refractivity contribution in [2.24, 2.45) is 11.7 Å². The average molecular weight is 226 g/mol. The fourth-order valence-electron chi connectivity index (χ4n) is 2.64. The van der Waals surface area contributed by atoms with Crippen LogP contribution in [-0.4, -0.2) is 37.6 Å². The topological polar surface area (TPSA) is 75.3 Å². The average Bonchev–Trinajstić information content (AvgIpc) is 2.21. The van der Waals surface area contributed by atoms with Crippen molar-refractivity contribution in [1.82, 2.24) is 5.32 Å². The number of carboxylic acids is 1. The summed E-state index contributed by atoms with van der Waals surface area (Å²) in [7, 11) is 3.88. The van der Waals surface area contributed by atoms with E-state index in [2.05, 4.69) is 13.2 Å². The van der Waals surface area contributed by atoms with E-state index in [1.54, 1.807) is 7.05 Å². The lowest BCUT2D eigenvalue weighted by Gasteiger charge is -2.45. The van der Waals surface area contributed by atoms with Gasteiger partial charge in [-0.3, -0.25) is 4.79 Å². The highest BCUT2D eigenvalue weighted by Crippen LogP contribution is 2.38. The van der Waals surface area contributed by atoms with Crippen molar-refractivity contribution >= 4 is 13.8 Å². The Morgan fingerprint density at radius 1 is 1.56 bits per heavy atom. The van der Waals surface area contributed by atoms with Gasteiger partial charge in [-0.15, -0.1) is 0 Å². The van der Waals surface area contributed by atoms with Crippen molar-refractivity contribution in [3.8, 4) is 0 Å². The molecule has 5 heteroatoms. The van der Waals surface area contributed by atoms with Crippen LogP contribution < -0.4 is 11.1 Å². The predicted molar refractivity (Wildman–Crippen MR) is 67.3 cm³/mol. The summed E-state index contributed by atoms with van der Waals surface area (Å²) < 4.78 is 0. The van der Waals surface area contributed by atoms with Gasteiger partial charge in [0, 0.05) is 6.04 Å². The van der Waals surface area contributed by atoms with Gasteiger partial charge in [-0.2, -0.15) is 0 Å². The highest BCUT2D eigenvalue weighted by atomic mass is 16.4. The minimum atomic E-state index is -0.745. The molecular weight excluding hydrogens is 203 g/mol. The number of unbranched alkanes of at least 4 members (excludes halogenated alkanes) is 1. The van der Waals surface area contributed by atoms with Crippen LogP contribution in [0.1, 0.15) is 32.1 Å². The lowest BCUT2D eigenvalue weighted by Crippen LogP contribution is -2.61. The third kappa shape index (κ3) is 2.58. The Hall–Kier alpha value is -0.545. The lowest BCUT2D eigenvalue weighted by atomic mass is 9.66. The SMILES string of the molecule is BCCCC[C@](NC)(C(=O)O)C1CC(N)C1. The molecule has 1 rings (SSSR count). The van der Waals surface area contributed by atoms with Crippen LogP contribution in [0.3, 0.4) is 0 Å². The summed E-state index contributed by atoms with van der Waals surface area (Å²) in [5.74, 6) is -0.523. The summed E-state index contributed by atoms with van der Waals surface area (Å²) in [5, 5.41) is 12.5. The molecule has 0 unspecified atom stereocenters. The number of nitrogens with two attached hydrogens (primary N) is 1. The van der Waals surface area contributed by atoms with Gasteiger partial charge in [-0.1, -0.05) is 19.2 Å². The van der Waals surface area contributed by atoms with Gasteiger partial charge in [-0.25, -0.2) is 0 Å². The van der Waals surface area contributed by atoms with Gasteiger partial charge in [0.2, 0.25) is 0 Å². The Bertz CT molecular complexity index is 244. The summed E-state index contributed by atoms with van der Waals surface area (Å²) >= 11 is 0. The fourth-order valence-corrected chi connectivity index (χ4v) is 2.64. The van der Waals surface area contributed by atoms with E-state index in [9.17, 15) is 9.90 Å². The maximum absolute atomic E-state index is 11.5. The normalized spacial score (nSPS) is 28.1. The van der Waals surface area contributed by atoms with E-state index in [-0.39, 0.29) is 12.0 Å². The molecule has 4 N–H and O–H groups in total. The molecule has 0 bridgehead atoms. The predicted octanol–water partition coefficient (Wildman–Crippen LogP) is -0.0118. The van der Waals surface area contributed by atoms with Gasteiger partial charge in [0.1, 0.15) is 13.4 Å². The van der Waals surface area contributed by atoms with E-state index in [4.69, 9.17) is 5.73 Å². The fraction of sp³-hybridized carbons (Fsp3) is 0.909. The molecule has 0 spiro atoms. The maximum Gasteiger partial charge on any atom is 0.324 e. The largest absolute Gasteiger partial charge is 0.480 e. The monoisotopic (exact) mass is 226 g/mol. The Morgan fingerprint density at radius 3 is 2.56 bits per heavy atom. The smallest absolute Gasteiger partial charge is 0.324 e. The number of carbonyl (C=O) groups is 1. The molecule has 92 valence electrons. The van der Waals surface area contributed by atoms with Gasteiger partial charge in [0.05, 0.1) is 0 Å². The van der Waals surface area contributed by atoms with Crippen molar-refractivity contribution in [3.63, 3.8) is 0 Å². The third-order valence-corrected chi connectivity index (χ3v) is 3.87. The minimum absolute atomic E-state index is 0.196. The molecule has 0 saturated heterocycles. The van der Waals surface area contributed by atoms with Crippen molar-refractivity contribution in [1.29, 1.82) is 0 Å². The molecule has 0 aromatic carbocycles. The third-order valence-electron chi connectivity index (χ3n) is 3.87. The highest BCUT2D eigenvalue weighted by Gasteiger charge is 2.48. The Kier molecular flexibility index (Phi) is 4.80. The van der Waals surface area contributed by atoms with Gasteiger partial charge < -0.3 is 16.2 Å². The molecule has 0 aliphatic heterocycles. The summed E-state index contributed by atoms with van der Waals surface area (Å²) in [6, 6.07) is 0.197. The number of hydrogen-bond donors (Lipinski definition) is 3. The Labute approximate surface area is 98.4 Å². The molecule has 16 heavy (non-hydrogen) atoms. The molecule has 1 aliphatic carbocycles. The molecule has 4 nitrogen and oxygen atoms in total. The maximum atomic E-state index is 11.5. The van der Waals surface area contributed by atoms with E-state index in [1.807, 2.05) is 0 Å². The number of rotatable bonds is 7. The minimum Gasteiger partial charge on any atom is -0.480 e. The van der Waals surface area contributed by atoms with Crippen molar-refractivity contribution in [2.75, 3.05) is 7.05 Å². The lowest BCUT2D eigenvalue weighted by molar-refractivity contribution is -0.149. The quantitative estimate of drug-likeness (QED) is 0.421. The van der Waals surface area contributed by atoms with Crippen LogP contribution in [0.2, 0.25) is 6.32 Å². The zero-order chi connectivity index (χ0) is 12.2. The van der Waals surface area contributed by atoms with Crippen LogP contribution in [0, 0.1) is 5.92 Å². The molecule has 1 fully saturated rings. The molecule has 0 aromatic heterocycles. The molecule has 0 amide bonds. The van der Waals surface area contributed by atoms with Crippen molar-refractivity contribution < 1.29 is 9.90 Å². The van der Waals surface area contributed by atoms with Crippen LogP contribution in [0.4, 0.5) is 0 Å². The van der Waals surface area contributed by atoms with Gasteiger partial charge in [0.25, 0.3) is 0 Å². The second-order valence-electron chi connectivity index (χ2n) is 4.91. The highest BCUT2D eigenvalue weighted by molar-refractivity contribution is 6.08. The summed E-state index contributed by atoms with van der Waals surface area (Å²) in [6.45, 7) is 0. The van der Waals surface area contributed by atoms with E-state index in [1.165, 1.54) is 0 Å². The van der Waals surface area contributed by atoms with Gasteiger partial charge >= 0.3 is 5.97 Å². The summed E-state index contributed by atoms with van der Waals surface area (Å²) in [5.41, 5.74) is 5.01. The second kappa shape index (κ2) is 5.68. The molecule has 0 aromatic rings. The molecule has 0 radical (unpaired) electrons. The zero-order valence-corrected chi connectivity index (χ0v) is 10.3. The van der Waals surface area contributed by atoms with Gasteiger partial charge in [0.15, 0.2) is 0 Å². The van der Waals surface area contributed by atoms with Crippen LogP contribution in [0.15, 0.2) is 0 Å². The number of hydrogen-bond acceptors (Lipinski definition) is 3. The van der Waals surface area contributed by atoms with Gasteiger partial charge in [-0.05, 0) is 32.2 Å².